The molecule has 0 unspecified atom stereocenters. The maximum atomic E-state index is 12.9. The first-order valence-electron chi connectivity index (χ1n) is 11.7. The highest BCUT2D eigenvalue weighted by Gasteiger charge is 2.36. The number of halogens is 1. The average Bonchev–Trinajstić information content (AvgIpc) is 3.17. The number of methoxy groups -OCH3 is 1. The largest absolute Gasteiger partial charge is 0.494 e. The lowest BCUT2D eigenvalue weighted by Gasteiger charge is -2.13. The third-order valence-electron chi connectivity index (χ3n) is 5.45. The van der Waals surface area contributed by atoms with Crippen LogP contribution in [0, 0.1) is 0 Å². The Morgan fingerprint density at radius 3 is 2.50 bits per heavy atom. The molecule has 0 radical (unpaired) electrons. The topological polar surface area (TPSA) is 94.2 Å². The molecule has 0 bridgehead atoms. The van der Waals surface area contributed by atoms with Gasteiger partial charge in [-0.05, 0) is 72.8 Å². The van der Waals surface area contributed by atoms with Gasteiger partial charge in [0.25, 0.3) is 11.1 Å². The number of imide groups is 1. The van der Waals surface area contributed by atoms with Crippen LogP contribution in [0.1, 0.15) is 18.1 Å². The van der Waals surface area contributed by atoms with E-state index in [-0.39, 0.29) is 11.5 Å². The number of anilines is 1. The van der Waals surface area contributed by atoms with Gasteiger partial charge in [-0.15, -0.1) is 0 Å². The van der Waals surface area contributed by atoms with E-state index in [9.17, 15) is 14.4 Å². The highest BCUT2D eigenvalue weighted by atomic mass is 35.5. The van der Waals surface area contributed by atoms with Crippen molar-refractivity contribution in [1.29, 1.82) is 0 Å². The summed E-state index contributed by atoms with van der Waals surface area (Å²) in [6.45, 7) is 2.28. The Balaban J connectivity index is 1.40. The van der Waals surface area contributed by atoms with Crippen molar-refractivity contribution in [2.24, 2.45) is 0 Å². The number of benzene rings is 3. The van der Waals surface area contributed by atoms with Crippen LogP contribution >= 0.6 is 23.4 Å². The quantitative estimate of drug-likeness (QED) is 0.308. The maximum absolute atomic E-state index is 12.9. The molecule has 8 nitrogen and oxygen atoms in total. The van der Waals surface area contributed by atoms with Crippen LogP contribution in [0.2, 0.25) is 5.02 Å². The number of nitrogens with zero attached hydrogens (tertiary/aromatic N) is 1. The van der Waals surface area contributed by atoms with Gasteiger partial charge in [0.2, 0.25) is 5.91 Å². The number of carbonyl (C=O) groups excluding carboxylic acids is 3. The molecule has 0 spiro atoms. The normalized spacial score (nSPS) is 14.1. The number of ether oxygens (including phenoxy) is 3. The summed E-state index contributed by atoms with van der Waals surface area (Å²) in [5, 5.41) is 2.77. The fourth-order valence-corrected chi connectivity index (χ4v) is 4.63. The second-order valence-corrected chi connectivity index (χ2v) is 9.46. The zero-order valence-corrected chi connectivity index (χ0v) is 22.3. The number of thioether (sulfide) groups is 1. The molecule has 1 aliphatic rings. The smallest absolute Gasteiger partial charge is 0.294 e. The number of nitrogens with one attached hydrogen (secondary N) is 1. The van der Waals surface area contributed by atoms with E-state index in [1.807, 2.05) is 25.1 Å². The zero-order valence-electron chi connectivity index (χ0n) is 20.7. The molecule has 0 aromatic heterocycles. The predicted molar refractivity (Wildman–Crippen MR) is 148 cm³/mol. The predicted octanol–water partition coefficient (Wildman–Crippen LogP) is 6.00. The van der Waals surface area contributed by atoms with Crippen molar-refractivity contribution in [3.63, 3.8) is 0 Å². The highest BCUT2D eigenvalue weighted by molar-refractivity contribution is 8.18. The summed E-state index contributed by atoms with van der Waals surface area (Å²) in [5.74, 6) is 0.612. The third kappa shape index (κ3) is 6.67. The summed E-state index contributed by atoms with van der Waals surface area (Å²) in [4.78, 5) is 39.0. The second-order valence-electron chi connectivity index (χ2n) is 8.06. The lowest BCUT2D eigenvalue weighted by atomic mass is 10.1. The molecule has 3 aromatic rings. The minimum atomic E-state index is -0.542. The number of amides is 3. The monoisotopic (exact) mass is 552 g/mol. The second kappa shape index (κ2) is 12.5. The van der Waals surface area contributed by atoms with Crippen LogP contribution in [0.25, 0.3) is 6.08 Å². The van der Waals surface area contributed by atoms with Crippen molar-refractivity contribution in [2.45, 2.75) is 13.5 Å². The molecular formula is C28H25ClN2O6S. The first-order chi connectivity index (χ1) is 18.4. The first kappa shape index (κ1) is 27.1. The van der Waals surface area contributed by atoms with Crippen molar-refractivity contribution >= 4 is 52.2 Å². The highest BCUT2D eigenvalue weighted by Crippen LogP contribution is 2.35. The molecule has 1 fully saturated rings. The van der Waals surface area contributed by atoms with Gasteiger partial charge in [0.05, 0.1) is 18.6 Å². The number of carbonyl (C=O) groups is 3. The molecule has 0 saturated carbocycles. The molecule has 4 rings (SSSR count). The zero-order chi connectivity index (χ0) is 27.1. The van der Waals surface area contributed by atoms with Gasteiger partial charge < -0.3 is 19.5 Å². The maximum Gasteiger partial charge on any atom is 0.294 e. The van der Waals surface area contributed by atoms with E-state index in [0.29, 0.717) is 40.1 Å². The summed E-state index contributed by atoms with van der Waals surface area (Å²) >= 11 is 6.97. The van der Waals surface area contributed by atoms with E-state index in [1.165, 1.54) is 7.11 Å². The molecule has 38 heavy (non-hydrogen) atoms. The van der Waals surface area contributed by atoms with Crippen LogP contribution in [0.15, 0.2) is 71.6 Å². The van der Waals surface area contributed by atoms with Crippen molar-refractivity contribution in [1.82, 2.24) is 4.90 Å². The Bertz CT molecular complexity index is 1380. The van der Waals surface area contributed by atoms with Crippen molar-refractivity contribution in [3.8, 4) is 17.2 Å². The van der Waals surface area contributed by atoms with Crippen LogP contribution in [-0.2, 0) is 16.2 Å². The molecule has 3 amide bonds. The molecular weight excluding hydrogens is 528 g/mol. The van der Waals surface area contributed by atoms with E-state index >= 15 is 0 Å². The molecule has 1 aliphatic heterocycles. The molecule has 0 aliphatic carbocycles. The van der Waals surface area contributed by atoms with Gasteiger partial charge in [-0.2, -0.15) is 0 Å². The summed E-state index contributed by atoms with van der Waals surface area (Å²) < 4.78 is 16.7. The minimum Gasteiger partial charge on any atom is -0.494 e. The van der Waals surface area contributed by atoms with Gasteiger partial charge in [-0.1, -0.05) is 35.9 Å². The summed E-state index contributed by atoms with van der Waals surface area (Å²) in [6.07, 6.45) is 1.58. The summed E-state index contributed by atoms with van der Waals surface area (Å²) in [6, 6.07) is 19.4. The van der Waals surface area contributed by atoms with Crippen LogP contribution in [0.4, 0.5) is 10.5 Å². The summed E-state index contributed by atoms with van der Waals surface area (Å²) in [5.41, 5.74) is 2.00. The molecule has 196 valence electrons. The van der Waals surface area contributed by atoms with E-state index < -0.39 is 23.6 Å². The Morgan fingerprint density at radius 1 is 1.03 bits per heavy atom. The third-order valence-corrected chi connectivity index (χ3v) is 6.73. The standard InChI is InChI=1S/C28H25ClN2O6S/c1-3-36-21-11-9-20(10-12-21)30-26(32)16-31-27(33)25(38-28(31)34)15-18-8-13-23(24(14-18)35-2)37-17-19-6-4-5-7-22(19)29/h4-15H,3,16-17H2,1-2H3,(H,30,32)/b25-15+. The number of hydrogen-bond acceptors (Lipinski definition) is 7. The Morgan fingerprint density at radius 2 is 1.79 bits per heavy atom. The van der Waals surface area contributed by atoms with Crippen LogP contribution in [0.5, 0.6) is 17.2 Å². The fourth-order valence-electron chi connectivity index (χ4n) is 3.60. The van der Waals surface area contributed by atoms with Crippen molar-refractivity contribution in [2.75, 3.05) is 25.6 Å². The van der Waals surface area contributed by atoms with Crippen LogP contribution < -0.4 is 19.5 Å². The molecule has 1 saturated heterocycles. The lowest BCUT2D eigenvalue weighted by molar-refractivity contribution is -0.127. The average molecular weight is 553 g/mol. The number of rotatable bonds is 10. The molecule has 3 aromatic carbocycles. The fraction of sp³-hybridized carbons (Fsp3) is 0.179. The Hall–Kier alpha value is -3.95. The van der Waals surface area contributed by atoms with Gasteiger partial charge in [0, 0.05) is 16.3 Å². The Kier molecular flexibility index (Phi) is 8.93. The van der Waals surface area contributed by atoms with Crippen LogP contribution in [-0.4, -0.2) is 42.2 Å². The van der Waals surface area contributed by atoms with E-state index in [4.69, 9.17) is 25.8 Å². The minimum absolute atomic E-state index is 0.204. The SMILES string of the molecule is CCOc1ccc(NC(=O)CN2C(=O)S/C(=C/c3ccc(OCc4ccccc4Cl)c(OC)c3)C2=O)cc1. The molecule has 1 heterocycles. The molecule has 10 heteroatoms. The van der Waals surface area contributed by atoms with Gasteiger partial charge in [-0.3, -0.25) is 19.3 Å². The van der Waals surface area contributed by atoms with Gasteiger partial charge in [0.15, 0.2) is 11.5 Å². The summed E-state index contributed by atoms with van der Waals surface area (Å²) in [7, 11) is 1.51. The van der Waals surface area contributed by atoms with Crippen LogP contribution in [0.3, 0.4) is 0 Å². The van der Waals surface area contributed by atoms with Gasteiger partial charge in [0.1, 0.15) is 18.9 Å². The van der Waals surface area contributed by atoms with E-state index in [0.717, 1.165) is 22.2 Å². The molecule has 0 atom stereocenters. The number of hydrogen-bond donors (Lipinski definition) is 1. The molecule has 1 N–H and O–H groups in total. The Labute approximate surface area is 229 Å². The van der Waals surface area contributed by atoms with E-state index in [1.54, 1.807) is 54.6 Å². The lowest BCUT2D eigenvalue weighted by Crippen LogP contribution is -2.36. The van der Waals surface area contributed by atoms with E-state index in [2.05, 4.69) is 5.32 Å². The van der Waals surface area contributed by atoms with Crippen molar-refractivity contribution in [3.05, 3.63) is 87.8 Å². The van der Waals surface area contributed by atoms with Crippen molar-refractivity contribution < 1.29 is 28.6 Å². The van der Waals surface area contributed by atoms with Gasteiger partial charge in [-0.25, -0.2) is 0 Å². The van der Waals surface area contributed by atoms with Gasteiger partial charge >= 0.3 is 0 Å². The first-order valence-corrected chi connectivity index (χ1v) is 12.9.